The topological polar surface area (TPSA) is 26.3 Å². The lowest BCUT2D eigenvalue weighted by Crippen LogP contribution is -2.38. The summed E-state index contributed by atoms with van der Waals surface area (Å²) in [7, 11) is 0. The van der Waals surface area contributed by atoms with Crippen LogP contribution in [0.5, 0.6) is 0 Å². The third-order valence-electron chi connectivity index (χ3n) is 5.91. The standard InChI is InChI=1S/C19H20BrClO2/c20-16-10-14(21)9-13-1-2-15(17(13)16)18(22)23-11-19-6-3-12(4-7-19)5-8-19/h2,9-10,12H,1,3-8,11H2. The minimum absolute atomic E-state index is 0.186. The lowest BCUT2D eigenvalue weighted by atomic mass is 9.61. The van der Waals surface area contributed by atoms with Crippen molar-refractivity contribution in [1.82, 2.24) is 0 Å². The molecule has 0 unspecified atom stereocenters. The molecule has 0 amide bonds. The van der Waals surface area contributed by atoms with Gasteiger partial charge in [-0.25, -0.2) is 4.79 Å². The third-order valence-corrected chi connectivity index (χ3v) is 6.75. The predicted molar refractivity (Wildman–Crippen MR) is 95.4 cm³/mol. The molecule has 0 aromatic heterocycles. The maximum absolute atomic E-state index is 12.6. The number of carbonyl (C=O) groups excluding carboxylic acids is 1. The minimum Gasteiger partial charge on any atom is -0.461 e. The van der Waals surface area contributed by atoms with Crippen LogP contribution in [0.1, 0.15) is 49.7 Å². The highest BCUT2D eigenvalue weighted by Crippen LogP contribution is 2.50. The molecular weight excluding hydrogens is 376 g/mol. The Bertz CT molecular complexity index is 673. The Hall–Kier alpha value is -0.800. The molecule has 5 rings (SSSR count). The van der Waals surface area contributed by atoms with E-state index in [0.29, 0.717) is 17.2 Å². The lowest BCUT2D eigenvalue weighted by Gasteiger charge is -2.46. The van der Waals surface area contributed by atoms with Crippen molar-refractivity contribution in [1.29, 1.82) is 0 Å². The summed E-state index contributed by atoms with van der Waals surface area (Å²) in [6.45, 7) is 0.580. The molecule has 4 heteroatoms. The quantitative estimate of drug-likeness (QED) is 0.627. The Kier molecular flexibility index (Phi) is 4.05. The molecule has 0 spiro atoms. The summed E-state index contributed by atoms with van der Waals surface area (Å²) in [5.41, 5.74) is 2.98. The van der Waals surface area contributed by atoms with E-state index in [9.17, 15) is 4.79 Å². The largest absolute Gasteiger partial charge is 0.461 e. The van der Waals surface area contributed by atoms with Gasteiger partial charge in [0.2, 0.25) is 0 Å². The monoisotopic (exact) mass is 394 g/mol. The highest BCUT2D eigenvalue weighted by Gasteiger charge is 2.41. The zero-order valence-electron chi connectivity index (χ0n) is 13.0. The number of halogens is 2. The van der Waals surface area contributed by atoms with E-state index >= 15 is 0 Å². The predicted octanol–water partition coefficient (Wildman–Crippen LogP) is 5.56. The zero-order chi connectivity index (χ0) is 16.0. The van der Waals surface area contributed by atoms with Crippen molar-refractivity contribution in [2.75, 3.05) is 6.61 Å². The molecule has 0 radical (unpaired) electrons. The second-order valence-electron chi connectivity index (χ2n) is 7.30. The van der Waals surface area contributed by atoms with E-state index in [-0.39, 0.29) is 11.4 Å². The van der Waals surface area contributed by atoms with Crippen LogP contribution in [-0.2, 0) is 16.0 Å². The molecule has 1 aromatic carbocycles. The second kappa shape index (κ2) is 5.93. The van der Waals surface area contributed by atoms with Crippen LogP contribution >= 0.6 is 27.5 Å². The average molecular weight is 396 g/mol. The molecule has 2 nitrogen and oxygen atoms in total. The number of allylic oxidation sites excluding steroid dienone is 1. The van der Waals surface area contributed by atoms with Crippen LogP contribution in [0.15, 0.2) is 22.7 Å². The van der Waals surface area contributed by atoms with Gasteiger partial charge in [-0.2, -0.15) is 0 Å². The fourth-order valence-corrected chi connectivity index (χ4v) is 5.53. The van der Waals surface area contributed by atoms with Crippen LogP contribution in [0, 0.1) is 11.3 Å². The average Bonchev–Trinajstić information content (AvgIpc) is 2.98. The first-order valence-corrected chi connectivity index (χ1v) is 9.59. The van der Waals surface area contributed by atoms with E-state index in [1.807, 2.05) is 18.2 Å². The van der Waals surface area contributed by atoms with E-state index in [0.717, 1.165) is 27.9 Å². The normalized spacial score (nSPS) is 28.4. The molecule has 0 aliphatic heterocycles. The van der Waals surface area contributed by atoms with Gasteiger partial charge in [-0.1, -0.05) is 33.6 Å². The van der Waals surface area contributed by atoms with E-state index in [4.69, 9.17) is 16.3 Å². The molecule has 4 aliphatic carbocycles. The summed E-state index contributed by atoms with van der Waals surface area (Å²) in [5.74, 6) is 0.742. The molecular formula is C19H20BrClO2. The van der Waals surface area contributed by atoms with E-state index in [1.54, 1.807) is 0 Å². The van der Waals surface area contributed by atoms with Crippen LogP contribution in [0.3, 0.4) is 0 Å². The van der Waals surface area contributed by atoms with Crippen molar-refractivity contribution in [3.05, 3.63) is 38.8 Å². The fourth-order valence-electron chi connectivity index (χ4n) is 4.44. The fraction of sp³-hybridized carbons (Fsp3) is 0.526. The second-order valence-corrected chi connectivity index (χ2v) is 8.59. The Morgan fingerprint density at radius 2 is 1.96 bits per heavy atom. The van der Waals surface area contributed by atoms with Gasteiger partial charge in [-0.15, -0.1) is 0 Å². The van der Waals surface area contributed by atoms with Gasteiger partial charge in [-0.05, 0) is 68.6 Å². The maximum atomic E-state index is 12.6. The Morgan fingerprint density at radius 3 is 2.65 bits per heavy atom. The van der Waals surface area contributed by atoms with Crippen LogP contribution in [0.4, 0.5) is 0 Å². The Morgan fingerprint density at radius 1 is 1.26 bits per heavy atom. The molecule has 0 saturated heterocycles. The molecule has 0 heterocycles. The molecule has 3 saturated carbocycles. The van der Waals surface area contributed by atoms with Crippen molar-refractivity contribution in [3.8, 4) is 0 Å². The number of rotatable bonds is 3. The van der Waals surface area contributed by atoms with Gasteiger partial charge < -0.3 is 4.74 Å². The molecule has 2 bridgehead atoms. The number of fused-ring (bicyclic) bond motifs is 4. The summed E-state index contributed by atoms with van der Waals surface area (Å²) in [6.07, 6.45) is 10.3. The first kappa shape index (κ1) is 15.7. The van der Waals surface area contributed by atoms with Gasteiger partial charge in [0, 0.05) is 20.5 Å². The lowest BCUT2D eigenvalue weighted by molar-refractivity contribution is -0.142. The highest BCUT2D eigenvalue weighted by atomic mass is 79.9. The number of hydrogen-bond donors (Lipinski definition) is 0. The summed E-state index contributed by atoms with van der Waals surface area (Å²) < 4.78 is 6.64. The number of hydrogen-bond acceptors (Lipinski definition) is 2. The van der Waals surface area contributed by atoms with Gasteiger partial charge in [0.1, 0.15) is 0 Å². The van der Waals surface area contributed by atoms with E-state index < -0.39 is 0 Å². The molecule has 23 heavy (non-hydrogen) atoms. The van der Waals surface area contributed by atoms with Crippen LogP contribution in [0.25, 0.3) is 5.57 Å². The summed E-state index contributed by atoms with van der Waals surface area (Å²) in [6, 6.07) is 3.77. The van der Waals surface area contributed by atoms with Crippen molar-refractivity contribution in [2.24, 2.45) is 11.3 Å². The molecule has 122 valence electrons. The number of benzene rings is 1. The molecule has 3 fully saturated rings. The minimum atomic E-state index is -0.186. The van der Waals surface area contributed by atoms with Crippen LogP contribution < -0.4 is 0 Å². The van der Waals surface area contributed by atoms with Crippen molar-refractivity contribution < 1.29 is 9.53 Å². The summed E-state index contributed by atoms with van der Waals surface area (Å²) in [5, 5.41) is 0.691. The third kappa shape index (κ3) is 2.87. The maximum Gasteiger partial charge on any atom is 0.338 e. The van der Waals surface area contributed by atoms with E-state index in [1.165, 1.54) is 38.5 Å². The van der Waals surface area contributed by atoms with Gasteiger partial charge in [0.15, 0.2) is 0 Å². The summed E-state index contributed by atoms with van der Waals surface area (Å²) in [4.78, 5) is 12.6. The first-order valence-electron chi connectivity index (χ1n) is 8.42. The molecule has 4 aliphatic rings. The van der Waals surface area contributed by atoms with Gasteiger partial charge >= 0.3 is 5.97 Å². The smallest absolute Gasteiger partial charge is 0.338 e. The first-order chi connectivity index (χ1) is 11.1. The number of carbonyl (C=O) groups is 1. The van der Waals surface area contributed by atoms with Gasteiger partial charge in [-0.3, -0.25) is 0 Å². The SMILES string of the molecule is O=C(OCC12CCC(CC1)CC2)C1=CCc2cc(Cl)cc(Br)c21. The molecule has 0 atom stereocenters. The highest BCUT2D eigenvalue weighted by molar-refractivity contribution is 9.10. The van der Waals surface area contributed by atoms with Crippen molar-refractivity contribution in [2.45, 2.75) is 44.9 Å². The zero-order valence-corrected chi connectivity index (χ0v) is 15.4. The number of esters is 1. The van der Waals surface area contributed by atoms with Crippen molar-refractivity contribution >= 4 is 39.1 Å². The Balaban J connectivity index is 1.47. The number of ether oxygens (including phenoxy) is 1. The van der Waals surface area contributed by atoms with Crippen LogP contribution in [-0.4, -0.2) is 12.6 Å². The van der Waals surface area contributed by atoms with Crippen LogP contribution in [0.2, 0.25) is 5.02 Å². The summed E-state index contributed by atoms with van der Waals surface area (Å²) >= 11 is 9.62. The molecule has 0 N–H and O–H groups in total. The Labute approximate surface area is 150 Å². The van der Waals surface area contributed by atoms with Gasteiger partial charge in [0.05, 0.1) is 12.2 Å². The van der Waals surface area contributed by atoms with Gasteiger partial charge in [0.25, 0.3) is 0 Å². The van der Waals surface area contributed by atoms with E-state index in [2.05, 4.69) is 15.9 Å². The van der Waals surface area contributed by atoms with Crippen molar-refractivity contribution in [3.63, 3.8) is 0 Å². The molecule has 1 aromatic rings.